The fourth-order valence-electron chi connectivity index (χ4n) is 1.76. The van der Waals surface area contributed by atoms with E-state index in [1.165, 1.54) is 0 Å². The van der Waals surface area contributed by atoms with Crippen molar-refractivity contribution in [2.45, 2.75) is 13.0 Å². The van der Waals surface area contributed by atoms with Crippen LogP contribution in [0.3, 0.4) is 0 Å². The first kappa shape index (κ1) is 14.7. The molecule has 20 heavy (non-hydrogen) atoms. The molecule has 2 N–H and O–H groups in total. The summed E-state index contributed by atoms with van der Waals surface area (Å²) in [5.41, 5.74) is 1.08. The first-order chi connectivity index (χ1) is 9.35. The van der Waals surface area contributed by atoms with Crippen LogP contribution in [0.2, 0.25) is 5.02 Å². The molecule has 0 amide bonds. The molecule has 0 spiro atoms. The zero-order valence-corrected chi connectivity index (χ0v) is 12.6. The molecule has 0 aliphatic carbocycles. The minimum atomic E-state index is -3.32. The van der Waals surface area contributed by atoms with Crippen LogP contribution in [0.4, 0.5) is 11.4 Å². The molecule has 0 bridgehead atoms. The molecule has 1 heterocycles. The molecule has 0 saturated heterocycles. The van der Waals surface area contributed by atoms with Crippen LogP contribution < -0.4 is 10.0 Å². The summed E-state index contributed by atoms with van der Waals surface area (Å²) in [6.45, 7) is 1.92. The monoisotopic (exact) mass is 314 g/mol. The molecule has 7 heteroatoms. The third-order valence-electron chi connectivity index (χ3n) is 2.61. The van der Waals surface area contributed by atoms with Gasteiger partial charge in [-0.3, -0.25) is 4.72 Å². The maximum atomic E-state index is 11.2. The van der Waals surface area contributed by atoms with Crippen molar-refractivity contribution in [2.75, 3.05) is 16.3 Å². The molecule has 108 valence electrons. The van der Waals surface area contributed by atoms with Crippen molar-refractivity contribution in [3.05, 3.63) is 47.4 Å². The lowest BCUT2D eigenvalue weighted by Gasteiger charge is -2.15. The Bertz CT molecular complexity index is 684. The summed E-state index contributed by atoms with van der Waals surface area (Å²) >= 11 is 6.10. The predicted molar refractivity (Wildman–Crippen MR) is 80.7 cm³/mol. The van der Waals surface area contributed by atoms with Gasteiger partial charge in [0.25, 0.3) is 0 Å². The van der Waals surface area contributed by atoms with Crippen LogP contribution in [0.1, 0.15) is 18.7 Å². The summed E-state index contributed by atoms with van der Waals surface area (Å²) in [5.74, 6) is 0.766. The van der Waals surface area contributed by atoms with Gasteiger partial charge in [0, 0.05) is 0 Å². The Morgan fingerprint density at radius 2 is 2.05 bits per heavy atom. The van der Waals surface area contributed by atoms with Crippen molar-refractivity contribution in [1.29, 1.82) is 0 Å². The van der Waals surface area contributed by atoms with Crippen molar-refractivity contribution < 1.29 is 12.8 Å². The average Bonchev–Trinajstić information content (AvgIpc) is 2.85. The number of rotatable bonds is 5. The van der Waals surface area contributed by atoms with Crippen molar-refractivity contribution in [3.8, 4) is 0 Å². The summed E-state index contributed by atoms with van der Waals surface area (Å²) in [6, 6.07) is 8.44. The third kappa shape index (κ3) is 3.91. The zero-order chi connectivity index (χ0) is 14.8. The van der Waals surface area contributed by atoms with E-state index in [4.69, 9.17) is 16.0 Å². The van der Waals surface area contributed by atoms with E-state index in [0.717, 1.165) is 12.0 Å². The molecule has 1 unspecified atom stereocenters. The van der Waals surface area contributed by atoms with Gasteiger partial charge in [0.15, 0.2) is 0 Å². The lowest BCUT2D eigenvalue weighted by atomic mass is 10.2. The van der Waals surface area contributed by atoms with Crippen molar-refractivity contribution in [1.82, 2.24) is 0 Å². The van der Waals surface area contributed by atoms with Crippen LogP contribution in [0.5, 0.6) is 0 Å². The number of hydrogen-bond acceptors (Lipinski definition) is 4. The van der Waals surface area contributed by atoms with Crippen LogP contribution >= 0.6 is 11.6 Å². The van der Waals surface area contributed by atoms with Crippen LogP contribution in [0.25, 0.3) is 0 Å². The van der Waals surface area contributed by atoms with Gasteiger partial charge in [0.05, 0.1) is 35.0 Å². The van der Waals surface area contributed by atoms with Crippen LogP contribution in [0.15, 0.2) is 41.0 Å². The minimum absolute atomic E-state index is 0.0871. The standard InChI is InChI=1S/C13H15ClN2O3S/c1-9(13-4-3-7-19-13)15-12-8-10(5-6-11(12)14)16-20(2,17)18/h3-9,15-16H,1-2H3. The quantitative estimate of drug-likeness (QED) is 0.886. The van der Waals surface area contributed by atoms with Crippen LogP contribution in [-0.4, -0.2) is 14.7 Å². The van der Waals surface area contributed by atoms with E-state index >= 15 is 0 Å². The van der Waals surface area contributed by atoms with Gasteiger partial charge in [0.1, 0.15) is 5.76 Å². The Hall–Kier alpha value is -1.66. The molecule has 0 fully saturated rings. The third-order valence-corrected chi connectivity index (χ3v) is 3.55. The molecule has 2 aromatic rings. The maximum Gasteiger partial charge on any atom is 0.229 e. The fraction of sp³-hybridized carbons (Fsp3) is 0.231. The highest BCUT2D eigenvalue weighted by Crippen LogP contribution is 2.29. The van der Waals surface area contributed by atoms with E-state index < -0.39 is 10.0 Å². The number of hydrogen-bond donors (Lipinski definition) is 2. The second-order valence-corrected chi connectivity index (χ2v) is 6.61. The van der Waals surface area contributed by atoms with Gasteiger partial charge in [-0.25, -0.2) is 8.42 Å². The Morgan fingerprint density at radius 1 is 1.30 bits per heavy atom. The Morgan fingerprint density at radius 3 is 2.65 bits per heavy atom. The normalized spacial score (nSPS) is 12.9. The second kappa shape index (κ2) is 5.76. The van der Waals surface area contributed by atoms with Crippen LogP contribution in [0, 0.1) is 0 Å². The molecule has 1 atom stereocenters. The van der Waals surface area contributed by atoms with Gasteiger partial charge in [-0.05, 0) is 37.3 Å². The Kier molecular flexibility index (Phi) is 4.25. The van der Waals surface area contributed by atoms with Crippen molar-refractivity contribution in [3.63, 3.8) is 0 Å². The number of benzene rings is 1. The van der Waals surface area contributed by atoms with E-state index in [2.05, 4.69) is 10.0 Å². The second-order valence-electron chi connectivity index (χ2n) is 4.45. The Labute approximate surface area is 123 Å². The molecule has 1 aromatic carbocycles. The van der Waals surface area contributed by atoms with Crippen molar-refractivity contribution >= 4 is 33.0 Å². The smallest absolute Gasteiger partial charge is 0.229 e. The summed E-state index contributed by atoms with van der Waals surface area (Å²) in [7, 11) is -3.32. The maximum absolute atomic E-state index is 11.2. The fourth-order valence-corrected chi connectivity index (χ4v) is 2.48. The average molecular weight is 315 g/mol. The lowest BCUT2D eigenvalue weighted by Crippen LogP contribution is -2.10. The predicted octanol–water partition coefficient (Wildman–Crippen LogP) is 3.48. The molecule has 0 aliphatic heterocycles. The van der Waals surface area contributed by atoms with E-state index in [9.17, 15) is 8.42 Å². The molecular weight excluding hydrogens is 300 g/mol. The first-order valence-electron chi connectivity index (χ1n) is 5.92. The lowest BCUT2D eigenvalue weighted by molar-refractivity contribution is 0.490. The Balaban J connectivity index is 2.20. The first-order valence-corrected chi connectivity index (χ1v) is 8.19. The number of furan rings is 1. The van der Waals surface area contributed by atoms with E-state index in [1.807, 2.05) is 13.0 Å². The number of halogens is 1. The molecule has 2 rings (SSSR count). The number of anilines is 2. The van der Waals surface area contributed by atoms with E-state index in [1.54, 1.807) is 30.5 Å². The SMILES string of the molecule is CC(Nc1cc(NS(C)(=O)=O)ccc1Cl)c1ccco1. The highest BCUT2D eigenvalue weighted by Gasteiger charge is 2.11. The molecule has 0 saturated carbocycles. The highest BCUT2D eigenvalue weighted by atomic mass is 35.5. The van der Waals surface area contributed by atoms with Gasteiger partial charge in [-0.2, -0.15) is 0 Å². The molecule has 0 radical (unpaired) electrons. The van der Waals surface area contributed by atoms with Gasteiger partial charge in [-0.15, -0.1) is 0 Å². The molecule has 5 nitrogen and oxygen atoms in total. The van der Waals surface area contributed by atoms with Crippen molar-refractivity contribution in [2.24, 2.45) is 0 Å². The topological polar surface area (TPSA) is 71.3 Å². The zero-order valence-electron chi connectivity index (χ0n) is 11.1. The summed E-state index contributed by atoms with van der Waals surface area (Å²) in [6.07, 6.45) is 2.69. The molecular formula is C13H15ClN2O3S. The number of sulfonamides is 1. The van der Waals surface area contributed by atoms with E-state index in [0.29, 0.717) is 16.4 Å². The largest absolute Gasteiger partial charge is 0.467 e. The summed E-state index contributed by atoms with van der Waals surface area (Å²) < 4.78 is 30.2. The van der Waals surface area contributed by atoms with Gasteiger partial charge in [-0.1, -0.05) is 11.6 Å². The molecule has 0 aliphatic rings. The van der Waals surface area contributed by atoms with E-state index in [-0.39, 0.29) is 6.04 Å². The van der Waals surface area contributed by atoms with Gasteiger partial charge >= 0.3 is 0 Å². The van der Waals surface area contributed by atoms with Gasteiger partial charge in [0.2, 0.25) is 10.0 Å². The molecule has 1 aromatic heterocycles. The summed E-state index contributed by atoms with van der Waals surface area (Å²) in [4.78, 5) is 0. The number of nitrogens with one attached hydrogen (secondary N) is 2. The summed E-state index contributed by atoms with van der Waals surface area (Å²) in [5, 5.41) is 3.68. The minimum Gasteiger partial charge on any atom is -0.467 e. The van der Waals surface area contributed by atoms with Gasteiger partial charge < -0.3 is 9.73 Å². The van der Waals surface area contributed by atoms with Crippen LogP contribution in [-0.2, 0) is 10.0 Å². The highest BCUT2D eigenvalue weighted by molar-refractivity contribution is 7.92.